The van der Waals surface area contributed by atoms with E-state index < -0.39 is 0 Å². The molecule has 0 aliphatic heterocycles. The molecular weight excluding hydrogens is 241 g/mol. The number of benzene rings is 1. The van der Waals surface area contributed by atoms with Gasteiger partial charge in [0, 0.05) is 19.8 Å². The van der Waals surface area contributed by atoms with Crippen molar-refractivity contribution in [1.82, 2.24) is 4.98 Å². The second-order valence-corrected chi connectivity index (χ2v) is 4.42. The number of pyridine rings is 1. The lowest BCUT2D eigenvalue weighted by Crippen LogP contribution is -2.19. The predicted octanol–water partition coefficient (Wildman–Crippen LogP) is 3.04. The van der Waals surface area contributed by atoms with Crippen molar-refractivity contribution in [2.45, 2.75) is 13.5 Å². The summed E-state index contributed by atoms with van der Waals surface area (Å²) in [5, 5.41) is 9.18. The molecule has 0 unspecified atom stereocenters. The van der Waals surface area contributed by atoms with E-state index in [1.165, 1.54) is 12.1 Å². The number of nitriles is 1. The first-order chi connectivity index (χ1) is 9.11. The van der Waals surface area contributed by atoms with Crippen molar-refractivity contribution in [3.63, 3.8) is 0 Å². The molecule has 0 amide bonds. The molecule has 19 heavy (non-hydrogen) atoms. The van der Waals surface area contributed by atoms with Crippen LogP contribution in [0.25, 0.3) is 0 Å². The molecule has 0 bridgehead atoms. The highest BCUT2D eigenvalue weighted by Gasteiger charge is 2.11. The van der Waals surface area contributed by atoms with Crippen molar-refractivity contribution in [2.24, 2.45) is 0 Å². The first kappa shape index (κ1) is 13.0. The average Bonchev–Trinajstić information content (AvgIpc) is 2.38. The van der Waals surface area contributed by atoms with E-state index in [0.29, 0.717) is 17.9 Å². The van der Waals surface area contributed by atoms with Gasteiger partial charge in [0.25, 0.3) is 0 Å². The van der Waals surface area contributed by atoms with Crippen LogP contribution in [0.3, 0.4) is 0 Å². The van der Waals surface area contributed by atoms with Crippen LogP contribution in [0.15, 0.2) is 36.5 Å². The number of nitrogens with zero attached hydrogens (tertiary/aromatic N) is 3. The molecule has 0 atom stereocenters. The maximum atomic E-state index is 13.1. The van der Waals surface area contributed by atoms with Gasteiger partial charge in [0.1, 0.15) is 17.7 Å². The minimum absolute atomic E-state index is 0.261. The summed E-state index contributed by atoms with van der Waals surface area (Å²) in [6.45, 7) is 2.38. The minimum Gasteiger partial charge on any atom is -0.354 e. The number of rotatable bonds is 3. The van der Waals surface area contributed by atoms with Crippen LogP contribution in [-0.4, -0.2) is 12.0 Å². The third kappa shape index (κ3) is 2.89. The lowest BCUT2D eigenvalue weighted by molar-refractivity contribution is 0.625. The van der Waals surface area contributed by atoms with Gasteiger partial charge in [0.2, 0.25) is 0 Å². The first-order valence-corrected chi connectivity index (χ1v) is 5.93. The SMILES string of the molecule is Cc1ccnc(N(C)Cc2cccc(F)c2)c1C#N. The largest absolute Gasteiger partial charge is 0.354 e. The van der Waals surface area contributed by atoms with Crippen molar-refractivity contribution in [2.75, 3.05) is 11.9 Å². The highest BCUT2D eigenvalue weighted by atomic mass is 19.1. The summed E-state index contributed by atoms with van der Waals surface area (Å²) in [6, 6.07) is 10.4. The Morgan fingerprint density at radius 3 is 2.84 bits per heavy atom. The summed E-state index contributed by atoms with van der Waals surface area (Å²) < 4.78 is 13.1. The highest BCUT2D eigenvalue weighted by molar-refractivity contribution is 5.56. The van der Waals surface area contributed by atoms with Crippen LogP contribution in [0.5, 0.6) is 0 Å². The Bertz CT molecular complexity index is 632. The Labute approximate surface area is 111 Å². The molecule has 0 spiro atoms. The maximum absolute atomic E-state index is 13.1. The fraction of sp³-hybridized carbons (Fsp3) is 0.200. The van der Waals surface area contributed by atoms with E-state index in [-0.39, 0.29) is 5.82 Å². The molecular formula is C15H14FN3. The Hall–Kier alpha value is -2.41. The fourth-order valence-electron chi connectivity index (χ4n) is 1.96. The Morgan fingerprint density at radius 2 is 2.16 bits per heavy atom. The molecule has 0 radical (unpaired) electrons. The van der Waals surface area contributed by atoms with E-state index in [1.807, 2.05) is 24.9 Å². The van der Waals surface area contributed by atoms with Crippen molar-refractivity contribution in [3.05, 3.63) is 59.0 Å². The van der Waals surface area contributed by atoms with Gasteiger partial charge in [-0.15, -0.1) is 0 Å². The van der Waals surface area contributed by atoms with Crippen LogP contribution < -0.4 is 4.90 Å². The lowest BCUT2D eigenvalue weighted by Gasteiger charge is -2.20. The quantitative estimate of drug-likeness (QED) is 0.846. The van der Waals surface area contributed by atoms with E-state index in [1.54, 1.807) is 18.3 Å². The number of aromatic nitrogens is 1. The molecule has 0 aliphatic rings. The van der Waals surface area contributed by atoms with E-state index in [9.17, 15) is 9.65 Å². The fourth-order valence-corrected chi connectivity index (χ4v) is 1.96. The summed E-state index contributed by atoms with van der Waals surface area (Å²) in [7, 11) is 1.84. The molecule has 4 heteroatoms. The van der Waals surface area contributed by atoms with E-state index in [4.69, 9.17) is 0 Å². The zero-order valence-electron chi connectivity index (χ0n) is 10.9. The molecule has 0 N–H and O–H groups in total. The Balaban J connectivity index is 2.28. The minimum atomic E-state index is -0.261. The predicted molar refractivity (Wildman–Crippen MR) is 72.2 cm³/mol. The zero-order chi connectivity index (χ0) is 13.8. The summed E-state index contributed by atoms with van der Waals surface area (Å²) in [5.74, 6) is 0.357. The van der Waals surface area contributed by atoms with Gasteiger partial charge in [0.15, 0.2) is 0 Å². The van der Waals surface area contributed by atoms with Gasteiger partial charge in [-0.2, -0.15) is 5.26 Å². The third-order valence-corrected chi connectivity index (χ3v) is 2.92. The van der Waals surface area contributed by atoms with Gasteiger partial charge >= 0.3 is 0 Å². The Kier molecular flexibility index (Phi) is 3.76. The van der Waals surface area contributed by atoms with Gasteiger partial charge < -0.3 is 4.90 Å². The van der Waals surface area contributed by atoms with Crippen LogP contribution in [-0.2, 0) is 6.54 Å². The van der Waals surface area contributed by atoms with Crippen molar-refractivity contribution < 1.29 is 4.39 Å². The topological polar surface area (TPSA) is 39.9 Å². The second-order valence-electron chi connectivity index (χ2n) is 4.42. The molecule has 0 saturated carbocycles. The van der Waals surface area contributed by atoms with E-state index in [0.717, 1.165) is 11.1 Å². The summed E-state index contributed by atoms with van der Waals surface area (Å²) in [4.78, 5) is 6.09. The Morgan fingerprint density at radius 1 is 1.37 bits per heavy atom. The number of halogens is 1. The monoisotopic (exact) mass is 255 g/mol. The molecule has 2 rings (SSSR count). The smallest absolute Gasteiger partial charge is 0.146 e. The standard InChI is InChI=1S/C15H14FN3/c1-11-6-7-18-15(14(11)9-17)19(2)10-12-4-3-5-13(16)8-12/h3-8H,10H2,1-2H3. The number of hydrogen-bond donors (Lipinski definition) is 0. The summed E-state index contributed by atoms with van der Waals surface area (Å²) in [6.07, 6.45) is 1.67. The molecule has 96 valence electrons. The van der Waals surface area contributed by atoms with Gasteiger partial charge in [0.05, 0.1) is 5.56 Å². The van der Waals surface area contributed by atoms with Crippen LogP contribution in [0, 0.1) is 24.1 Å². The van der Waals surface area contributed by atoms with Crippen molar-refractivity contribution >= 4 is 5.82 Å². The lowest BCUT2D eigenvalue weighted by atomic mass is 10.1. The average molecular weight is 255 g/mol. The number of aryl methyl sites for hydroxylation is 1. The normalized spacial score (nSPS) is 10.0. The first-order valence-electron chi connectivity index (χ1n) is 5.93. The van der Waals surface area contributed by atoms with Crippen molar-refractivity contribution in [1.29, 1.82) is 5.26 Å². The molecule has 0 saturated heterocycles. The van der Waals surface area contributed by atoms with Crippen LogP contribution >= 0.6 is 0 Å². The van der Waals surface area contributed by atoms with Gasteiger partial charge in [-0.25, -0.2) is 9.37 Å². The molecule has 1 aromatic carbocycles. The van der Waals surface area contributed by atoms with E-state index in [2.05, 4.69) is 11.1 Å². The van der Waals surface area contributed by atoms with Gasteiger partial charge in [-0.1, -0.05) is 12.1 Å². The van der Waals surface area contributed by atoms with Crippen molar-refractivity contribution in [3.8, 4) is 6.07 Å². The molecule has 3 nitrogen and oxygen atoms in total. The van der Waals surface area contributed by atoms with Crippen LogP contribution in [0.4, 0.5) is 10.2 Å². The van der Waals surface area contributed by atoms with E-state index >= 15 is 0 Å². The number of hydrogen-bond acceptors (Lipinski definition) is 3. The maximum Gasteiger partial charge on any atom is 0.146 e. The van der Waals surface area contributed by atoms with Crippen LogP contribution in [0.1, 0.15) is 16.7 Å². The summed E-state index contributed by atoms with van der Waals surface area (Å²) >= 11 is 0. The summed E-state index contributed by atoms with van der Waals surface area (Å²) in [5.41, 5.74) is 2.29. The molecule has 1 aromatic heterocycles. The molecule has 0 aliphatic carbocycles. The number of anilines is 1. The molecule has 2 aromatic rings. The zero-order valence-corrected chi connectivity index (χ0v) is 10.9. The third-order valence-electron chi connectivity index (χ3n) is 2.92. The molecule has 0 fully saturated rings. The second kappa shape index (κ2) is 5.49. The molecule has 1 heterocycles. The van der Waals surface area contributed by atoms with Gasteiger partial charge in [-0.3, -0.25) is 0 Å². The highest BCUT2D eigenvalue weighted by Crippen LogP contribution is 2.20. The van der Waals surface area contributed by atoms with Crippen LogP contribution in [0.2, 0.25) is 0 Å². The van der Waals surface area contributed by atoms with Gasteiger partial charge in [-0.05, 0) is 36.2 Å².